The summed E-state index contributed by atoms with van der Waals surface area (Å²) in [7, 11) is 2.91. The number of hydrogen-bond acceptors (Lipinski definition) is 10. The van der Waals surface area contributed by atoms with Crippen molar-refractivity contribution in [3.63, 3.8) is 0 Å². The van der Waals surface area contributed by atoms with Gasteiger partial charge in [0.1, 0.15) is 24.0 Å². The lowest BCUT2D eigenvalue weighted by molar-refractivity contribution is -0.260. The summed E-state index contributed by atoms with van der Waals surface area (Å²) in [5.41, 5.74) is 0.549. The highest BCUT2D eigenvalue weighted by atomic mass is 16.7. The van der Waals surface area contributed by atoms with E-state index in [1.54, 1.807) is 24.3 Å². The summed E-state index contributed by atoms with van der Waals surface area (Å²) < 4.78 is 15.7. The maximum Gasteiger partial charge on any atom is 0.331 e. The number of anilines is 1. The second-order valence-electron chi connectivity index (χ2n) is 6.75. The molecule has 1 fully saturated rings. The molecular weight excluding hydrogens is 400 g/mol. The van der Waals surface area contributed by atoms with Crippen molar-refractivity contribution in [1.29, 1.82) is 0 Å². The molecule has 0 bridgehead atoms. The van der Waals surface area contributed by atoms with Crippen LogP contribution in [0.3, 0.4) is 0 Å². The molecule has 1 aromatic carbocycles. The van der Waals surface area contributed by atoms with Crippen molar-refractivity contribution in [1.82, 2.24) is 5.32 Å². The number of methoxy groups -OCH3 is 1. The molecule has 2 rings (SSSR count). The van der Waals surface area contributed by atoms with E-state index in [-0.39, 0.29) is 0 Å². The van der Waals surface area contributed by atoms with Crippen LogP contribution in [-0.2, 0) is 23.9 Å². The van der Waals surface area contributed by atoms with E-state index in [1.807, 2.05) is 0 Å². The number of benzene rings is 1. The molecule has 0 aromatic heterocycles. The van der Waals surface area contributed by atoms with E-state index in [4.69, 9.17) is 19.0 Å². The van der Waals surface area contributed by atoms with Gasteiger partial charge < -0.3 is 34.8 Å². The van der Waals surface area contributed by atoms with Crippen LogP contribution in [0.1, 0.15) is 13.8 Å². The fourth-order valence-electron chi connectivity index (χ4n) is 3.16. The largest absolute Gasteiger partial charge is 0.497 e. The molecule has 6 atom stereocenters. The molecule has 11 nitrogen and oxygen atoms in total. The number of ether oxygens (including phenoxy) is 3. The summed E-state index contributed by atoms with van der Waals surface area (Å²) in [5, 5.41) is 33.7. The minimum absolute atomic E-state index is 0.521. The Morgan fingerprint density at radius 2 is 1.87 bits per heavy atom. The number of esters is 1. The Bertz CT molecular complexity index is 714. The maximum atomic E-state index is 12.8. The van der Waals surface area contributed by atoms with E-state index in [0.29, 0.717) is 11.4 Å². The Labute approximate surface area is 174 Å². The summed E-state index contributed by atoms with van der Waals surface area (Å²) in [5.74, 6) is -0.676. The average molecular weight is 428 g/mol. The van der Waals surface area contributed by atoms with Crippen molar-refractivity contribution in [3.05, 3.63) is 24.3 Å². The van der Waals surface area contributed by atoms with Crippen molar-refractivity contribution >= 4 is 17.6 Å². The van der Waals surface area contributed by atoms with Gasteiger partial charge in [-0.3, -0.25) is 9.63 Å². The highest BCUT2D eigenvalue weighted by Gasteiger charge is 2.47. The summed E-state index contributed by atoms with van der Waals surface area (Å²) >= 11 is 0. The summed E-state index contributed by atoms with van der Waals surface area (Å²) in [6, 6.07) is 4.58. The summed E-state index contributed by atoms with van der Waals surface area (Å²) in [6.45, 7) is 2.10. The second kappa shape index (κ2) is 10.5. The lowest BCUT2D eigenvalue weighted by Gasteiger charge is -2.42. The van der Waals surface area contributed by atoms with Gasteiger partial charge in [0.25, 0.3) is 0 Å². The number of aliphatic hydroxyl groups is 3. The van der Waals surface area contributed by atoms with E-state index in [2.05, 4.69) is 5.32 Å². The predicted octanol–water partition coefficient (Wildman–Crippen LogP) is -1.06. The van der Waals surface area contributed by atoms with Gasteiger partial charge in [-0.25, -0.2) is 9.86 Å². The number of hydroxylamine groups is 1. The van der Waals surface area contributed by atoms with E-state index in [0.717, 1.165) is 0 Å². The van der Waals surface area contributed by atoms with Gasteiger partial charge in [0.05, 0.1) is 26.5 Å². The standard InChI is InChI=1S/C19H28N2O9/c1-10(21(28-4)12-5-7-13(27-3)8-6-12)18(25)30-17-14(9-22)29-19(26)15(16(17)24)20-11(2)23/h5-8,10,14-17,19,22,24,26H,9H2,1-4H3,(H,20,23)/t10-,14+,15+,16+,17+,19?/m0/s1. The molecule has 1 heterocycles. The minimum Gasteiger partial charge on any atom is -0.497 e. The highest BCUT2D eigenvalue weighted by molar-refractivity contribution is 5.79. The van der Waals surface area contributed by atoms with Gasteiger partial charge in [0.15, 0.2) is 18.4 Å². The topological polar surface area (TPSA) is 147 Å². The Balaban J connectivity index is 2.16. The Morgan fingerprint density at radius 3 is 2.37 bits per heavy atom. The third-order valence-corrected chi connectivity index (χ3v) is 4.71. The zero-order valence-electron chi connectivity index (χ0n) is 17.2. The highest BCUT2D eigenvalue weighted by Crippen LogP contribution is 2.25. The number of nitrogens with zero attached hydrogens (tertiary/aromatic N) is 1. The first-order chi connectivity index (χ1) is 14.2. The number of hydrogen-bond donors (Lipinski definition) is 4. The molecule has 1 saturated heterocycles. The van der Waals surface area contributed by atoms with E-state index in [9.17, 15) is 24.9 Å². The number of amides is 1. The van der Waals surface area contributed by atoms with Gasteiger partial charge in [0, 0.05) is 6.92 Å². The molecule has 1 aromatic rings. The van der Waals surface area contributed by atoms with Crippen molar-refractivity contribution < 1.29 is 44.0 Å². The molecule has 30 heavy (non-hydrogen) atoms. The number of nitrogens with one attached hydrogen (secondary N) is 1. The van der Waals surface area contributed by atoms with E-state index in [1.165, 1.54) is 33.1 Å². The molecule has 1 aliphatic rings. The van der Waals surface area contributed by atoms with Crippen LogP contribution in [0.4, 0.5) is 5.69 Å². The molecule has 1 unspecified atom stereocenters. The zero-order valence-corrected chi connectivity index (χ0v) is 17.2. The zero-order chi connectivity index (χ0) is 22.4. The van der Waals surface area contributed by atoms with Crippen molar-refractivity contribution in [3.8, 4) is 5.75 Å². The maximum absolute atomic E-state index is 12.8. The monoisotopic (exact) mass is 428 g/mol. The SMILES string of the molecule is COc1ccc(N(OC)[C@@H](C)C(=O)O[C@H]2[C@H](O)[C@@H](NC(C)=O)C(O)O[C@@H]2CO)cc1. The van der Waals surface area contributed by atoms with Crippen molar-refractivity contribution in [2.24, 2.45) is 0 Å². The first-order valence-corrected chi connectivity index (χ1v) is 9.30. The van der Waals surface area contributed by atoms with Crippen LogP contribution in [0, 0.1) is 0 Å². The van der Waals surface area contributed by atoms with Gasteiger partial charge in [-0.2, -0.15) is 0 Å². The molecule has 1 aliphatic heterocycles. The quantitative estimate of drug-likeness (QED) is 0.298. The molecule has 0 spiro atoms. The molecule has 11 heteroatoms. The number of carbonyl (C=O) groups excluding carboxylic acids is 2. The Morgan fingerprint density at radius 1 is 1.23 bits per heavy atom. The van der Waals surface area contributed by atoms with Crippen LogP contribution in [0.2, 0.25) is 0 Å². The van der Waals surface area contributed by atoms with Crippen molar-refractivity contribution in [2.45, 2.75) is 50.5 Å². The van der Waals surface area contributed by atoms with Crippen LogP contribution >= 0.6 is 0 Å². The van der Waals surface area contributed by atoms with E-state index < -0.39 is 55.2 Å². The van der Waals surface area contributed by atoms with Gasteiger partial charge in [-0.15, -0.1) is 0 Å². The third-order valence-electron chi connectivity index (χ3n) is 4.71. The Hall–Kier alpha value is -2.44. The summed E-state index contributed by atoms with van der Waals surface area (Å²) in [6.07, 6.45) is -5.61. The fourth-order valence-corrected chi connectivity index (χ4v) is 3.16. The average Bonchev–Trinajstić information content (AvgIpc) is 2.73. The van der Waals surface area contributed by atoms with Gasteiger partial charge in [-0.05, 0) is 31.2 Å². The lowest BCUT2D eigenvalue weighted by Crippen LogP contribution is -2.65. The van der Waals surface area contributed by atoms with Gasteiger partial charge in [-0.1, -0.05) is 0 Å². The van der Waals surface area contributed by atoms with Crippen LogP contribution in [0.15, 0.2) is 24.3 Å². The van der Waals surface area contributed by atoms with Crippen LogP contribution < -0.4 is 15.1 Å². The van der Waals surface area contributed by atoms with Crippen LogP contribution in [-0.4, -0.2) is 84.7 Å². The smallest absolute Gasteiger partial charge is 0.331 e. The van der Waals surface area contributed by atoms with E-state index >= 15 is 0 Å². The Kier molecular flexibility index (Phi) is 8.38. The first-order valence-electron chi connectivity index (χ1n) is 9.30. The molecule has 0 saturated carbocycles. The van der Waals surface area contributed by atoms with Crippen molar-refractivity contribution in [2.75, 3.05) is 25.9 Å². The number of rotatable bonds is 8. The summed E-state index contributed by atoms with van der Waals surface area (Å²) in [4.78, 5) is 29.4. The molecule has 0 radical (unpaired) electrons. The molecule has 1 amide bonds. The fraction of sp³-hybridized carbons (Fsp3) is 0.579. The lowest BCUT2D eigenvalue weighted by atomic mass is 9.96. The predicted molar refractivity (Wildman–Crippen MR) is 103 cm³/mol. The number of aliphatic hydroxyl groups excluding tert-OH is 3. The normalized spacial score (nSPS) is 27.1. The number of carbonyl (C=O) groups is 2. The third kappa shape index (κ3) is 5.37. The molecule has 4 N–H and O–H groups in total. The molecule has 168 valence electrons. The molecule has 0 aliphatic carbocycles. The first kappa shape index (κ1) is 23.8. The minimum atomic E-state index is -1.58. The second-order valence-corrected chi connectivity index (χ2v) is 6.75. The van der Waals surface area contributed by atoms with Crippen LogP contribution in [0.25, 0.3) is 0 Å². The van der Waals surface area contributed by atoms with Crippen LogP contribution in [0.5, 0.6) is 5.75 Å². The van der Waals surface area contributed by atoms with Gasteiger partial charge >= 0.3 is 5.97 Å². The molecular formula is C19H28N2O9. The van der Waals surface area contributed by atoms with Gasteiger partial charge in [0.2, 0.25) is 5.91 Å².